The van der Waals surface area contributed by atoms with Gasteiger partial charge in [-0.1, -0.05) is 11.6 Å². The summed E-state index contributed by atoms with van der Waals surface area (Å²) < 4.78 is 5.80. The molecule has 104 valence electrons. The van der Waals surface area contributed by atoms with Crippen molar-refractivity contribution in [3.63, 3.8) is 0 Å². The van der Waals surface area contributed by atoms with Crippen molar-refractivity contribution in [2.75, 3.05) is 20.3 Å². The number of aliphatic imine (C=N–C) groups is 1. The number of hydrogen-bond acceptors (Lipinski definition) is 3. The second kappa shape index (κ2) is 9.82. The third-order valence-electron chi connectivity index (χ3n) is 2.08. The highest BCUT2D eigenvalue weighted by Crippen LogP contribution is 2.21. The number of nitrogens with two attached hydrogens (primary N) is 1. The largest absolute Gasteiger partial charge is 0.383 e. The van der Waals surface area contributed by atoms with E-state index in [0.29, 0.717) is 19.1 Å². The van der Waals surface area contributed by atoms with Gasteiger partial charge in [-0.25, -0.2) is 0 Å². The molecule has 7 heteroatoms. The zero-order chi connectivity index (χ0) is 12.7. The molecule has 1 aromatic heterocycles. The van der Waals surface area contributed by atoms with Gasteiger partial charge in [0.2, 0.25) is 0 Å². The molecule has 1 heterocycles. The highest BCUT2D eigenvalue weighted by atomic mass is 127. The molecule has 0 radical (unpaired) electrons. The second-order valence-electron chi connectivity index (χ2n) is 3.72. The third kappa shape index (κ3) is 7.40. The summed E-state index contributed by atoms with van der Waals surface area (Å²) in [5, 5.41) is 3.05. The van der Waals surface area contributed by atoms with Crippen molar-refractivity contribution in [1.29, 1.82) is 0 Å². The lowest BCUT2D eigenvalue weighted by atomic mass is 10.3. The standard InChI is InChI=1S/C11H18ClN3OS.HI/c1-8(7-16-2)15-11(13)14-6-5-9-3-4-10(12)17-9;/h3-4,8H,5-7H2,1-2H3,(H3,13,14,15);1H. The van der Waals surface area contributed by atoms with Gasteiger partial charge in [0.05, 0.1) is 10.9 Å². The van der Waals surface area contributed by atoms with Crippen molar-refractivity contribution in [2.45, 2.75) is 19.4 Å². The fourth-order valence-electron chi connectivity index (χ4n) is 1.36. The Morgan fingerprint density at radius 2 is 2.33 bits per heavy atom. The minimum Gasteiger partial charge on any atom is -0.383 e. The summed E-state index contributed by atoms with van der Waals surface area (Å²) in [6, 6.07) is 4.08. The van der Waals surface area contributed by atoms with Crippen LogP contribution in [-0.4, -0.2) is 32.3 Å². The van der Waals surface area contributed by atoms with E-state index in [4.69, 9.17) is 22.1 Å². The van der Waals surface area contributed by atoms with Gasteiger partial charge in [0.25, 0.3) is 0 Å². The van der Waals surface area contributed by atoms with Crippen LogP contribution in [0.4, 0.5) is 0 Å². The van der Waals surface area contributed by atoms with Gasteiger partial charge in [-0.2, -0.15) is 0 Å². The minimum absolute atomic E-state index is 0. The Labute approximate surface area is 134 Å². The van der Waals surface area contributed by atoms with Crippen molar-refractivity contribution < 1.29 is 4.74 Å². The van der Waals surface area contributed by atoms with Gasteiger partial charge in [0, 0.05) is 31.0 Å². The van der Waals surface area contributed by atoms with E-state index in [1.54, 1.807) is 18.4 Å². The number of methoxy groups -OCH3 is 1. The number of ether oxygens (including phenoxy) is 1. The molecule has 3 N–H and O–H groups in total. The van der Waals surface area contributed by atoms with Crippen LogP contribution < -0.4 is 11.1 Å². The van der Waals surface area contributed by atoms with Crippen LogP contribution in [0.15, 0.2) is 17.1 Å². The monoisotopic (exact) mass is 403 g/mol. The molecular formula is C11H19ClIN3OS. The fraction of sp³-hybridized carbons (Fsp3) is 0.545. The highest BCUT2D eigenvalue weighted by molar-refractivity contribution is 14.0. The lowest BCUT2D eigenvalue weighted by Crippen LogP contribution is -2.40. The van der Waals surface area contributed by atoms with Gasteiger partial charge in [-0.05, 0) is 19.1 Å². The number of hydrogen-bond donors (Lipinski definition) is 2. The number of nitrogens with one attached hydrogen (secondary N) is 1. The van der Waals surface area contributed by atoms with Crippen molar-refractivity contribution in [3.05, 3.63) is 21.3 Å². The predicted molar refractivity (Wildman–Crippen MR) is 89.4 cm³/mol. The van der Waals surface area contributed by atoms with Crippen LogP contribution >= 0.6 is 46.9 Å². The first-order chi connectivity index (χ1) is 8.11. The molecule has 0 aliphatic carbocycles. The Morgan fingerprint density at radius 3 is 2.89 bits per heavy atom. The van der Waals surface area contributed by atoms with E-state index in [9.17, 15) is 0 Å². The maximum atomic E-state index is 5.84. The molecule has 1 unspecified atom stereocenters. The van der Waals surface area contributed by atoms with E-state index < -0.39 is 0 Å². The summed E-state index contributed by atoms with van der Waals surface area (Å²) in [5.74, 6) is 0.456. The average Bonchev–Trinajstić information content (AvgIpc) is 2.64. The molecular weight excluding hydrogens is 385 g/mol. The van der Waals surface area contributed by atoms with Gasteiger partial charge >= 0.3 is 0 Å². The molecule has 0 fully saturated rings. The van der Waals surface area contributed by atoms with Gasteiger partial charge in [0.15, 0.2) is 5.96 Å². The summed E-state index contributed by atoms with van der Waals surface area (Å²) in [5.41, 5.74) is 5.73. The van der Waals surface area contributed by atoms with Crippen LogP contribution in [0, 0.1) is 0 Å². The molecule has 1 atom stereocenters. The second-order valence-corrected chi connectivity index (χ2v) is 5.52. The molecule has 0 aromatic carbocycles. The average molecular weight is 404 g/mol. The predicted octanol–water partition coefficient (Wildman–Crippen LogP) is 2.50. The van der Waals surface area contributed by atoms with Gasteiger partial charge in [-0.3, -0.25) is 4.99 Å². The summed E-state index contributed by atoms with van der Waals surface area (Å²) >= 11 is 7.41. The number of guanidine groups is 1. The quantitative estimate of drug-likeness (QED) is 0.436. The zero-order valence-electron chi connectivity index (χ0n) is 10.5. The maximum Gasteiger partial charge on any atom is 0.188 e. The van der Waals surface area contributed by atoms with Gasteiger partial charge in [-0.15, -0.1) is 35.3 Å². The smallest absolute Gasteiger partial charge is 0.188 e. The first kappa shape index (κ1) is 17.9. The number of rotatable bonds is 6. The van der Waals surface area contributed by atoms with Crippen molar-refractivity contribution in [3.8, 4) is 0 Å². The normalized spacial score (nSPS) is 12.9. The van der Waals surface area contributed by atoms with Gasteiger partial charge < -0.3 is 15.8 Å². The van der Waals surface area contributed by atoms with Crippen LogP contribution in [0.1, 0.15) is 11.8 Å². The number of nitrogens with zero attached hydrogens (tertiary/aromatic N) is 1. The minimum atomic E-state index is 0. The summed E-state index contributed by atoms with van der Waals surface area (Å²) in [4.78, 5) is 5.46. The molecule has 0 saturated heterocycles. The van der Waals surface area contributed by atoms with E-state index in [2.05, 4.69) is 10.3 Å². The van der Waals surface area contributed by atoms with Crippen LogP contribution in [-0.2, 0) is 11.2 Å². The number of thiophene rings is 1. The van der Waals surface area contributed by atoms with E-state index >= 15 is 0 Å². The molecule has 0 spiro atoms. The first-order valence-corrected chi connectivity index (χ1v) is 6.61. The summed E-state index contributed by atoms with van der Waals surface area (Å²) in [6.45, 7) is 3.26. The van der Waals surface area contributed by atoms with Crippen LogP contribution in [0.5, 0.6) is 0 Å². The molecule has 0 saturated carbocycles. The molecule has 1 aromatic rings. The third-order valence-corrected chi connectivity index (χ3v) is 3.37. The Balaban J connectivity index is 0.00000289. The Morgan fingerprint density at radius 1 is 1.61 bits per heavy atom. The first-order valence-electron chi connectivity index (χ1n) is 5.41. The SMILES string of the molecule is COCC(C)NC(N)=NCCc1ccc(Cl)s1.I. The molecule has 0 amide bonds. The van der Waals surface area contributed by atoms with E-state index in [1.807, 2.05) is 19.1 Å². The summed E-state index contributed by atoms with van der Waals surface area (Å²) in [7, 11) is 1.66. The molecule has 18 heavy (non-hydrogen) atoms. The van der Waals surface area contributed by atoms with E-state index in [0.717, 1.165) is 10.8 Å². The van der Waals surface area contributed by atoms with Gasteiger partial charge in [0.1, 0.15) is 0 Å². The van der Waals surface area contributed by atoms with Crippen molar-refractivity contribution >= 4 is 52.9 Å². The maximum absolute atomic E-state index is 5.84. The Bertz CT molecular complexity index is 373. The summed E-state index contributed by atoms with van der Waals surface area (Å²) in [6.07, 6.45) is 0.860. The molecule has 4 nitrogen and oxygen atoms in total. The van der Waals surface area contributed by atoms with E-state index in [-0.39, 0.29) is 30.0 Å². The van der Waals surface area contributed by atoms with Crippen LogP contribution in [0.2, 0.25) is 4.34 Å². The topological polar surface area (TPSA) is 59.6 Å². The Hall–Kier alpha value is -0.0500. The molecule has 1 rings (SSSR count). The van der Waals surface area contributed by atoms with Crippen LogP contribution in [0.3, 0.4) is 0 Å². The van der Waals surface area contributed by atoms with Crippen molar-refractivity contribution in [1.82, 2.24) is 5.32 Å². The molecule has 0 aliphatic heterocycles. The van der Waals surface area contributed by atoms with E-state index in [1.165, 1.54) is 4.88 Å². The number of halogens is 2. The van der Waals surface area contributed by atoms with Crippen LogP contribution in [0.25, 0.3) is 0 Å². The Kier molecular flexibility index (Phi) is 9.80. The molecule has 0 bridgehead atoms. The zero-order valence-corrected chi connectivity index (χ0v) is 14.4. The lowest BCUT2D eigenvalue weighted by Gasteiger charge is -2.12. The lowest BCUT2D eigenvalue weighted by molar-refractivity contribution is 0.179. The highest BCUT2D eigenvalue weighted by Gasteiger charge is 2.01. The van der Waals surface area contributed by atoms with Crippen molar-refractivity contribution in [2.24, 2.45) is 10.7 Å². The molecule has 0 aliphatic rings. The fourth-order valence-corrected chi connectivity index (χ4v) is 2.44.